The zero-order valence-corrected chi connectivity index (χ0v) is 23.8. The van der Waals surface area contributed by atoms with E-state index in [0.29, 0.717) is 5.56 Å². The van der Waals surface area contributed by atoms with Crippen LogP contribution < -0.4 is 5.32 Å². The van der Waals surface area contributed by atoms with Gasteiger partial charge in [0.25, 0.3) is 0 Å². The van der Waals surface area contributed by atoms with E-state index in [1.54, 1.807) is 37.3 Å². The van der Waals surface area contributed by atoms with Crippen molar-refractivity contribution in [3.63, 3.8) is 0 Å². The van der Waals surface area contributed by atoms with Crippen molar-refractivity contribution in [1.29, 1.82) is 0 Å². The van der Waals surface area contributed by atoms with Crippen molar-refractivity contribution in [2.45, 2.75) is 25.7 Å². The van der Waals surface area contributed by atoms with E-state index in [-0.39, 0.29) is 25.8 Å². The Hall–Kier alpha value is -4.19. The third-order valence-electron chi connectivity index (χ3n) is 6.63. The molecule has 0 spiro atoms. The summed E-state index contributed by atoms with van der Waals surface area (Å²) >= 11 is 0. The van der Waals surface area contributed by atoms with Gasteiger partial charge in [0.15, 0.2) is 0 Å². The Bertz CT molecular complexity index is 1450. The van der Waals surface area contributed by atoms with Crippen LogP contribution in [-0.4, -0.2) is 29.7 Å². The van der Waals surface area contributed by atoms with Gasteiger partial charge in [0, 0.05) is 6.16 Å². The van der Waals surface area contributed by atoms with Crippen LogP contribution in [0.15, 0.2) is 115 Å². The second-order valence-electron chi connectivity index (χ2n) is 9.67. The summed E-state index contributed by atoms with van der Waals surface area (Å²) < 4.78 is 24.6. The number of ether oxygens (including phenoxy) is 2. The van der Waals surface area contributed by atoms with E-state index < -0.39 is 31.1 Å². The topological polar surface area (TPSA) is 102 Å². The Morgan fingerprint density at radius 2 is 1.32 bits per heavy atom. The van der Waals surface area contributed by atoms with E-state index in [0.717, 1.165) is 22.3 Å². The number of carbonyl (C=O) groups excluding carboxylic acids is 2. The lowest BCUT2D eigenvalue weighted by molar-refractivity contribution is -0.147. The molecule has 1 unspecified atom stereocenters. The average Bonchev–Trinajstić information content (AvgIpc) is 3.00. The molecule has 4 rings (SSSR count). The first-order valence-corrected chi connectivity index (χ1v) is 15.4. The lowest BCUT2D eigenvalue weighted by Crippen LogP contribution is -2.32. The molecule has 41 heavy (non-hydrogen) atoms. The SMILES string of the molecule is CCOC(=O)[C@H](Cc1ccc(-c2ccccc2)cc1)CP(=O)(O)[C@@H](NC(=O)OCc1ccccc1)c1ccccc1. The minimum Gasteiger partial charge on any atom is -0.466 e. The summed E-state index contributed by atoms with van der Waals surface area (Å²) in [6.07, 6.45) is -1.01. The number of hydrogen-bond donors (Lipinski definition) is 2. The molecule has 0 aliphatic heterocycles. The van der Waals surface area contributed by atoms with Crippen molar-refractivity contribution in [1.82, 2.24) is 5.32 Å². The summed E-state index contributed by atoms with van der Waals surface area (Å²) in [5, 5.41) is 2.58. The van der Waals surface area contributed by atoms with E-state index in [2.05, 4.69) is 5.32 Å². The van der Waals surface area contributed by atoms with Gasteiger partial charge in [-0.05, 0) is 41.2 Å². The summed E-state index contributed by atoms with van der Waals surface area (Å²) in [5.41, 5.74) is 4.14. The van der Waals surface area contributed by atoms with Crippen LogP contribution in [0.3, 0.4) is 0 Å². The molecule has 0 bridgehead atoms. The molecule has 4 aromatic rings. The molecule has 1 amide bonds. The molecule has 212 valence electrons. The van der Waals surface area contributed by atoms with Crippen molar-refractivity contribution < 1.29 is 28.5 Å². The van der Waals surface area contributed by atoms with Crippen LogP contribution in [0.5, 0.6) is 0 Å². The minimum atomic E-state index is -4.21. The first-order chi connectivity index (χ1) is 19.9. The van der Waals surface area contributed by atoms with Gasteiger partial charge in [0.1, 0.15) is 12.4 Å². The predicted molar refractivity (Wildman–Crippen MR) is 159 cm³/mol. The Morgan fingerprint density at radius 3 is 1.93 bits per heavy atom. The second-order valence-corrected chi connectivity index (χ2v) is 12.1. The van der Waals surface area contributed by atoms with Gasteiger partial charge in [-0.1, -0.05) is 115 Å². The van der Waals surface area contributed by atoms with E-state index in [4.69, 9.17) is 9.47 Å². The van der Waals surface area contributed by atoms with E-state index in [1.807, 2.05) is 84.9 Å². The molecule has 0 fully saturated rings. The first-order valence-electron chi connectivity index (χ1n) is 13.5. The molecule has 0 heterocycles. The maximum atomic E-state index is 14.0. The van der Waals surface area contributed by atoms with Crippen LogP contribution in [0.4, 0.5) is 4.79 Å². The lowest BCUT2D eigenvalue weighted by Gasteiger charge is -2.27. The number of nitrogens with one attached hydrogen (secondary N) is 1. The van der Waals surface area contributed by atoms with Gasteiger partial charge in [-0.25, -0.2) is 4.79 Å². The van der Waals surface area contributed by atoms with Gasteiger partial charge in [-0.15, -0.1) is 0 Å². The van der Waals surface area contributed by atoms with Gasteiger partial charge < -0.3 is 19.7 Å². The fourth-order valence-corrected chi connectivity index (χ4v) is 6.65. The predicted octanol–water partition coefficient (Wildman–Crippen LogP) is 6.97. The lowest BCUT2D eigenvalue weighted by atomic mass is 9.98. The zero-order chi connectivity index (χ0) is 29.1. The number of hydrogen-bond acceptors (Lipinski definition) is 5. The molecule has 0 aliphatic rings. The summed E-state index contributed by atoms with van der Waals surface area (Å²) in [7, 11) is -4.21. The first kappa shape index (κ1) is 29.8. The maximum Gasteiger partial charge on any atom is 0.408 e. The van der Waals surface area contributed by atoms with Crippen LogP contribution in [-0.2, 0) is 31.9 Å². The quantitative estimate of drug-likeness (QED) is 0.141. The Labute approximate surface area is 240 Å². The third-order valence-corrected chi connectivity index (χ3v) is 8.83. The Kier molecular flexibility index (Phi) is 10.5. The second kappa shape index (κ2) is 14.4. The smallest absolute Gasteiger partial charge is 0.408 e. The van der Waals surface area contributed by atoms with Gasteiger partial charge in [0.2, 0.25) is 7.37 Å². The number of esters is 1. The fourth-order valence-electron chi connectivity index (χ4n) is 4.58. The van der Waals surface area contributed by atoms with Crippen LogP contribution in [0.1, 0.15) is 29.4 Å². The number of amides is 1. The highest BCUT2D eigenvalue weighted by molar-refractivity contribution is 7.58. The largest absolute Gasteiger partial charge is 0.466 e. The van der Waals surface area contributed by atoms with Crippen molar-refractivity contribution >= 4 is 19.4 Å². The van der Waals surface area contributed by atoms with Gasteiger partial charge in [-0.3, -0.25) is 9.36 Å². The van der Waals surface area contributed by atoms with Crippen LogP contribution >= 0.6 is 7.37 Å². The van der Waals surface area contributed by atoms with E-state index in [1.165, 1.54) is 0 Å². The number of carbonyl (C=O) groups is 2. The average molecular weight is 572 g/mol. The van der Waals surface area contributed by atoms with Crippen molar-refractivity contribution in [2.75, 3.05) is 12.8 Å². The van der Waals surface area contributed by atoms with Gasteiger partial charge in [-0.2, -0.15) is 0 Å². The summed E-state index contributed by atoms with van der Waals surface area (Å²) in [6, 6.07) is 35.3. The van der Waals surface area contributed by atoms with Crippen LogP contribution in [0, 0.1) is 5.92 Å². The van der Waals surface area contributed by atoms with Crippen LogP contribution in [0.2, 0.25) is 0 Å². The highest BCUT2D eigenvalue weighted by Crippen LogP contribution is 2.55. The molecule has 2 N–H and O–H groups in total. The standard InChI is InChI=1S/C33H34NO6P/c1-2-39-32(35)30(22-25-18-20-28(21-19-25)27-14-8-4-9-15-27)24-41(37,38)31(29-16-10-5-11-17-29)34-33(36)40-23-26-12-6-3-7-13-26/h3-21,30-31H,2,22-24H2,1H3,(H,34,36)(H,37,38)/t30-,31-/m1/s1. The number of rotatable bonds is 12. The van der Waals surface area contributed by atoms with E-state index >= 15 is 0 Å². The maximum absolute atomic E-state index is 14.0. The number of benzene rings is 4. The Morgan fingerprint density at radius 1 is 0.756 bits per heavy atom. The molecule has 0 saturated carbocycles. The third kappa shape index (κ3) is 8.65. The molecular weight excluding hydrogens is 537 g/mol. The fraction of sp³-hybridized carbons (Fsp3) is 0.212. The highest BCUT2D eigenvalue weighted by Gasteiger charge is 2.39. The Balaban J connectivity index is 1.53. The molecule has 0 aromatic heterocycles. The molecule has 8 heteroatoms. The summed E-state index contributed by atoms with van der Waals surface area (Å²) in [6.45, 7) is 1.84. The monoisotopic (exact) mass is 571 g/mol. The van der Waals surface area contributed by atoms with Crippen molar-refractivity contribution in [2.24, 2.45) is 5.92 Å². The van der Waals surface area contributed by atoms with Crippen molar-refractivity contribution in [3.05, 3.63) is 132 Å². The molecular formula is C33H34NO6P. The summed E-state index contributed by atoms with van der Waals surface area (Å²) in [5.74, 6) is -2.74. The van der Waals surface area contributed by atoms with Crippen molar-refractivity contribution in [3.8, 4) is 11.1 Å². The molecule has 3 atom stereocenters. The summed E-state index contributed by atoms with van der Waals surface area (Å²) in [4.78, 5) is 37.1. The molecule has 4 aromatic carbocycles. The molecule has 0 radical (unpaired) electrons. The molecule has 0 saturated heterocycles. The van der Waals surface area contributed by atoms with E-state index in [9.17, 15) is 19.0 Å². The normalized spacial score (nSPS) is 13.8. The minimum absolute atomic E-state index is 0.00827. The van der Waals surface area contributed by atoms with Gasteiger partial charge in [0.05, 0.1) is 12.5 Å². The number of alkyl carbamates (subject to hydrolysis) is 1. The molecule has 7 nitrogen and oxygen atoms in total. The molecule has 0 aliphatic carbocycles. The van der Waals surface area contributed by atoms with Gasteiger partial charge >= 0.3 is 12.1 Å². The zero-order valence-electron chi connectivity index (χ0n) is 22.9. The van der Waals surface area contributed by atoms with Crippen LogP contribution in [0.25, 0.3) is 11.1 Å². The highest BCUT2D eigenvalue weighted by atomic mass is 31.2.